The molecule has 1 amide bonds. The van der Waals surface area contributed by atoms with Gasteiger partial charge in [-0.05, 0) is 12.1 Å². The number of nitro benzene ring substituents is 1. The summed E-state index contributed by atoms with van der Waals surface area (Å²) in [7, 11) is 1.20. The number of benzene rings is 1. The fourth-order valence-electron chi connectivity index (χ4n) is 2.29. The van der Waals surface area contributed by atoms with Crippen molar-refractivity contribution in [1.29, 1.82) is 0 Å². The Bertz CT molecular complexity index is 1190. The number of carbonyl (C=O) groups is 2. The maximum absolute atomic E-state index is 12.4. The number of ether oxygens (including phenoxy) is 1. The summed E-state index contributed by atoms with van der Waals surface area (Å²) in [4.78, 5) is 48.8. The van der Waals surface area contributed by atoms with Gasteiger partial charge in [-0.2, -0.15) is 4.99 Å². The molecule has 0 unspecified atom stereocenters. The van der Waals surface area contributed by atoms with Crippen molar-refractivity contribution in [2.75, 3.05) is 7.11 Å². The molecule has 0 aliphatic rings. The molecular weight excluding hydrogens is 412 g/mol. The van der Waals surface area contributed by atoms with Gasteiger partial charge in [-0.1, -0.05) is 22.7 Å². The zero-order valence-electron chi connectivity index (χ0n) is 14.1. The van der Waals surface area contributed by atoms with Crippen LogP contribution >= 0.6 is 22.7 Å². The first-order valence-electron chi connectivity index (χ1n) is 7.48. The van der Waals surface area contributed by atoms with E-state index in [0.717, 1.165) is 11.3 Å². The highest BCUT2D eigenvalue weighted by molar-refractivity contribution is 7.17. The van der Waals surface area contributed by atoms with Crippen LogP contribution in [0.15, 0.2) is 35.3 Å². The molecule has 0 aliphatic carbocycles. The zero-order valence-corrected chi connectivity index (χ0v) is 15.7. The number of carbonyl (C=O) groups excluding carboxylic acids is 2. The summed E-state index contributed by atoms with van der Waals surface area (Å²) in [6, 6.07) is 6.53. The maximum atomic E-state index is 12.4. The number of nitro groups is 2. The van der Waals surface area contributed by atoms with Gasteiger partial charge in [-0.15, -0.1) is 0 Å². The van der Waals surface area contributed by atoms with Gasteiger partial charge in [0.05, 0.1) is 27.2 Å². The first-order valence-corrected chi connectivity index (χ1v) is 9.11. The molecule has 3 rings (SSSR count). The highest BCUT2D eigenvalue weighted by Gasteiger charge is 2.18. The molecule has 0 saturated carbocycles. The lowest BCUT2D eigenvalue weighted by molar-refractivity contribution is -0.384. The lowest BCUT2D eigenvalue weighted by Crippen LogP contribution is -2.22. The lowest BCUT2D eigenvalue weighted by Gasteiger charge is -2.03. The Labute approximate surface area is 163 Å². The standard InChI is InChI=1S/C15H10N4O7S2/c1-26-13(20)7-17-9-3-2-8(18(22)23)6-11(9)28-15(17)16-14(21)10-4-5-12(27-10)19(24)25/h2-6H,7H2,1H3. The third kappa shape index (κ3) is 3.79. The van der Waals surface area contributed by atoms with Gasteiger partial charge in [0, 0.05) is 18.2 Å². The van der Waals surface area contributed by atoms with Gasteiger partial charge in [0.15, 0.2) is 4.80 Å². The normalized spacial score (nSPS) is 11.5. The van der Waals surface area contributed by atoms with Crippen LogP contribution in [-0.2, 0) is 16.1 Å². The number of non-ortho nitro benzene ring substituents is 1. The summed E-state index contributed by atoms with van der Waals surface area (Å²) < 4.78 is 6.49. The Morgan fingerprint density at radius 3 is 2.50 bits per heavy atom. The van der Waals surface area contributed by atoms with E-state index in [2.05, 4.69) is 9.73 Å². The number of thiophene rings is 1. The van der Waals surface area contributed by atoms with Gasteiger partial charge in [0.1, 0.15) is 11.4 Å². The van der Waals surface area contributed by atoms with Crippen LogP contribution in [0.3, 0.4) is 0 Å². The monoisotopic (exact) mass is 422 g/mol. The zero-order chi connectivity index (χ0) is 20.4. The fraction of sp³-hybridized carbons (Fsp3) is 0.133. The minimum atomic E-state index is -0.724. The molecule has 0 atom stereocenters. The third-order valence-corrected chi connectivity index (χ3v) is 5.64. The van der Waals surface area contributed by atoms with Crippen LogP contribution in [0.1, 0.15) is 9.67 Å². The van der Waals surface area contributed by atoms with Gasteiger partial charge < -0.3 is 9.30 Å². The molecule has 0 radical (unpaired) electrons. The van der Waals surface area contributed by atoms with Crippen molar-refractivity contribution in [1.82, 2.24) is 4.57 Å². The number of fused-ring (bicyclic) bond motifs is 1. The van der Waals surface area contributed by atoms with Crippen molar-refractivity contribution >= 4 is 55.5 Å². The Balaban J connectivity index is 2.13. The summed E-state index contributed by atoms with van der Waals surface area (Å²) in [5, 5.41) is 21.6. The van der Waals surface area contributed by atoms with Crippen LogP contribution in [0.25, 0.3) is 10.2 Å². The second kappa shape index (κ2) is 7.66. The van der Waals surface area contributed by atoms with Crippen LogP contribution in [0.2, 0.25) is 0 Å². The Morgan fingerprint density at radius 2 is 1.89 bits per heavy atom. The number of methoxy groups -OCH3 is 1. The summed E-state index contributed by atoms with van der Waals surface area (Å²) in [6.07, 6.45) is 0. The van der Waals surface area contributed by atoms with Crippen molar-refractivity contribution in [3.63, 3.8) is 0 Å². The molecule has 0 N–H and O–H groups in total. The number of esters is 1. The molecule has 0 fully saturated rings. The lowest BCUT2D eigenvalue weighted by atomic mass is 10.3. The van der Waals surface area contributed by atoms with Crippen LogP contribution in [0.5, 0.6) is 0 Å². The molecule has 1 aromatic carbocycles. The van der Waals surface area contributed by atoms with E-state index in [-0.39, 0.29) is 26.9 Å². The van der Waals surface area contributed by atoms with Gasteiger partial charge in [-0.3, -0.25) is 29.8 Å². The maximum Gasteiger partial charge on any atom is 0.325 e. The predicted octanol–water partition coefficient (Wildman–Crippen LogP) is 2.49. The average Bonchev–Trinajstić information content (AvgIpc) is 3.27. The van der Waals surface area contributed by atoms with E-state index in [4.69, 9.17) is 0 Å². The molecule has 2 aromatic heterocycles. The quantitative estimate of drug-likeness (QED) is 0.348. The number of hydrogen-bond acceptors (Lipinski definition) is 9. The van der Waals surface area contributed by atoms with Gasteiger partial charge in [0.25, 0.3) is 11.6 Å². The molecule has 0 spiro atoms. The molecule has 0 aliphatic heterocycles. The molecule has 3 aromatic rings. The van der Waals surface area contributed by atoms with Crippen LogP contribution in [0, 0.1) is 20.2 Å². The molecule has 13 heteroatoms. The fourth-order valence-corrected chi connectivity index (χ4v) is 4.06. The Kier molecular flexibility index (Phi) is 5.28. The molecular formula is C15H10N4O7S2. The SMILES string of the molecule is COC(=O)Cn1c(=NC(=O)c2ccc([N+](=O)[O-])s2)sc2cc([N+](=O)[O-])ccc21. The largest absolute Gasteiger partial charge is 0.468 e. The van der Waals surface area contributed by atoms with Crippen LogP contribution < -0.4 is 4.80 Å². The van der Waals surface area contributed by atoms with E-state index in [1.54, 1.807) is 0 Å². The molecule has 144 valence electrons. The van der Waals surface area contributed by atoms with Crippen molar-refractivity contribution < 1.29 is 24.2 Å². The number of aromatic nitrogens is 1. The van der Waals surface area contributed by atoms with E-state index in [9.17, 15) is 29.8 Å². The third-order valence-electron chi connectivity index (χ3n) is 3.57. The van der Waals surface area contributed by atoms with E-state index in [0.29, 0.717) is 21.6 Å². The second-order valence-electron chi connectivity index (χ2n) is 5.27. The number of nitrogens with zero attached hydrogens (tertiary/aromatic N) is 4. The Morgan fingerprint density at radius 1 is 1.14 bits per heavy atom. The van der Waals surface area contributed by atoms with Crippen molar-refractivity contribution in [2.24, 2.45) is 4.99 Å². The van der Waals surface area contributed by atoms with Crippen LogP contribution in [-0.4, -0.2) is 33.4 Å². The summed E-state index contributed by atoms with van der Waals surface area (Å²) in [6.45, 7) is -0.259. The molecule has 11 nitrogen and oxygen atoms in total. The van der Waals surface area contributed by atoms with Crippen LogP contribution in [0.4, 0.5) is 10.7 Å². The minimum absolute atomic E-state index is 0.0553. The smallest absolute Gasteiger partial charge is 0.325 e. The van der Waals surface area contributed by atoms with Crippen molar-refractivity contribution in [3.05, 3.63) is 60.2 Å². The Hall–Kier alpha value is -3.45. The average molecular weight is 422 g/mol. The summed E-state index contributed by atoms with van der Waals surface area (Å²) in [5.41, 5.74) is 0.315. The topological polar surface area (TPSA) is 147 Å². The van der Waals surface area contributed by atoms with E-state index in [1.165, 1.54) is 42.0 Å². The number of thiazole rings is 1. The number of rotatable bonds is 5. The predicted molar refractivity (Wildman–Crippen MR) is 99.4 cm³/mol. The second-order valence-corrected chi connectivity index (χ2v) is 7.34. The molecule has 0 bridgehead atoms. The molecule has 2 heterocycles. The summed E-state index contributed by atoms with van der Waals surface area (Å²) >= 11 is 1.66. The first-order chi connectivity index (χ1) is 13.3. The summed E-state index contributed by atoms with van der Waals surface area (Å²) in [5.74, 6) is -1.32. The van der Waals surface area contributed by atoms with E-state index < -0.39 is 21.7 Å². The number of amides is 1. The number of hydrogen-bond donors (Lipinski definition) is 0. The first kappa shape index (κ1) is 19.3. The van der Waals surface area contributed by atoms with Gasteiger partial charge in [0.2, 0.25) is 0 Å². The van der Waals surface area contributed by atoms with E-state index >= 15 is 0 Å². The highest BCUT2D eigenvalue weighted by atomic mass is 32.1. The van der Waals surface area contributed by atoms with Crippen molar-refractivity contribution in [3.8, 4) is 0 Å². The molecule has 0 saturated heterocycles. The van der Waals surface area contributed by atoms with E-state index in [1.807, 2.05) is 0 Å². The van der Waals surface area contributed by atoms with Crippen molar-refractivity contribution in [2.45, 2.75) is 6.54 Å². The van der Waals surface area contributed by atoms with Gasteiger partial charge >= 0.3 is 11.0 Å². The van der Waals surface area contributed by atoms with Gasteiger partial charge in [-0.25, -0.2) is 0 Å². The molecule has 28 heavy (non-hydrogen) atoms. The minimum Gasteiger partial charge on any atom is -0.468 e. The highest BCUT2D eigenvalue weighted by Crippen LogP contribution is 2.25.